The monoisotopic (exact) mass is 423 g/mol. The van der Waals surface area contributed by atoms with Crippen molar-refractivity contribution >= 4 is 16.1 Å². The van der Waals surface area contributed by atoms with E-state index in [9.17, 15) is 26.4 Å². The molecule has 0 bridgehead atoms. The fraction of sp³-hybridized carbons (Fsp3) is 0.562. The van der Waals surface area contributed by atoms with E-state index in [4.69, 9.17) is 4.84 Å². The molecule has 0 atom stereocenters. The maximum atomic E-state index is 12.6. The van der Waals surface area contributed by atoms with E-state index in [2.05, 4.69) is 15.5 Å². The summed E-state index contributed by atoms with van der Waals surface area (Å²) in [6, 6.07) is 3.84. The van der Waals surface area contributed by atoms with Crippen LogP contribution in [0.15, 0.2) is 29.2 Å². The number of nitrogens with one attached hydrogen (secondary N) is 2. The van der Waals surface area contributed by atoms with Gasteiger partial charge in [-0.25, -0.2) is 18.7 Å². The van der Waals surface area contributed by atoms with Crippen LogP contribution in [0.1, 0.15) is 25.7 Å². The van der Waals surface area contributed by atoms with E-state index in [1.165, 1.54) is 4.31 Å². The molecule has 8 nitrogen and oxygen atoms in total. The van der Waals surface area contributed by atoms with Crippen LogP contribution in [0, 0.1) is 0 Å². The SMILES string of the molecule is O=C(NOC1CCN(S(=O)(=O)c2ccc(OC(F)(F)F)cc2)CC1)NC1CC1. The number of carbonyl (C=O) groups excluding carboxylic acids is 1. The molecule has 0 aromatic heterocycles. The summed E-state index contributed by atoms with van der Waals surface area (Å²) in [4.78, 5) is 16.7. The molecule has 0 radical (unpaired) electrons. The van der Waals surface area contributed by atoms with Crippen molar-refractivity contribution in [1.82, 2.24) is 15.1 Å². The Labute approximate surface area is 160 Å². The molecule has 2 amide bonds. The number of urea groups is 1. The Morgan fingerprint density at radius 3 is 2.21 bits per heavy atom. The van der Waals surface area contributed by atoms with Gasteiger partial charge in [-0.2, -0.15) is 4.31 Å². The minimum Gasteiger partial charge on any atom is -0.406 e. The normalized spacial score (nSPS) is 19.2. The predicted octanol–water partition coefficient (Wildman–Crippen LogP) is 2.13. The first-order chi connectivity index (χ1) is 13.1. The number of piperidine rings is 1. The van der Waals surface area contributed by atoms with Crippen molar-refractivity contribution in [3.05, 3.63) is 24.3 Å². The van der Waals surface area contributed by atoms with Crippen LogP contribution in [0.3, 0.4) is 0 Å². The summed E-state index contributed by atoms with van der Waals surface area (Å²) in [5.74, 6) is -0.492. The lowest BCUT2D eigenvalue weighted by atomic mass is 10.1. The molecule has 2 aliphatic rings. The molecule has 1 aliphatic carbocycles. The number of hydrogen-bond acceptors (Lipinski definition) is 5. The van der Waals surface area contributed by atoms with Crippen LogP contribution in [0.4, 0.5) is 18.0 Å². The molecule has 2 N–H and O–H groups in total. The van der Waals surface area contributed by atoms with Gasteiger partial charge in [0.15, 0.2) is 0 Å². The van der Waals surface area contributed by atoms with Crippen LogP contribution in [-0.4, -0.2) is 50.4 Å². The van der Waals surface area contributed by atoms with E-state index >= 15 is 0 Å². The number of halogens is 3. The van der Waals surface area contributed by atoms with Gasteiger partial charge in [0.1, 0.15) is 5.75 Å². The summed E-state index contributed by atoms with van der Waals surface area (Å²) in [5.41, 5.74) is 2.31. The van der Waals surface area contributed by atoms with Gasteiger partial charge in [0.2, 0.25) is 10.0 Å². The van der Waals surface area contributed by atoms with E-state index in [0.717, 1.165) is 37.1 Å². The average Bonchev–Trinajstić information content (AvgIpc) is 3.43. The molecule has 1 aromatic carbocycles. The minimum atomic E-state index is -4.84. The van der Waals surface area contributed by atoms with Gasteiger partial charge >= 0.3 is 12.4 Å². The smallest absolute Gasteiger partial charge is 0.406 e. The Morgan fingerprint density at radius 1 is 1.07 bits per heavy atom. The van der Waals surface area contributed by atoms with E-state index in [-0.39, 0.29) is 30.1 Å². The Kier molecular flexibility index (Phi) is 6.01. The zero-order valence-corrected chi connectivity index (χ0v) is 15.6. The van der Waals surface area contributed by atoms with Crippen molar-refractivity contribution in [3.8, 4) is 5.75 Å². The second-order valence-corrected chi connectivity index (χ2v) is 8.53. The Hall–Kier alpha value is -2.05. The molecule has 1 saturated carbocycles. The van der Waals surface area contributed by atoms with Crippen LogP contribution in [0.5, 0.6) is 5.75 Å². The number of benzene rings is 1. The van der Waals surface area contributed by atoms with Crippen LogP contribution >= 0.6 is 0 Å². The van der Waals surface area contributed by atoms with Gasteiger partial charge in [-0.1, -0.05) is 0 Å². The molecular formula is C16H20F3N3O5S. The fourth-order valence-corrected chi connectivity index (χ4v) is 4.20. The zero-order valence-electron chi connectivity index (χ0n) is 14.7. The van der Waals surface area contributed by atoms with E-state index < -0.39 is 28.2 Å². The third-order valence-corrected chi connectivity index (χ3v) is 6.24. The van der Waals surface area contributed by atoms with Gasteiger partial charge in [0, 0.05) is 19.1 Å². The molecule has 2 fully saturated rings. The molecule has 1 saturated heterocycles. The summed E-state index contributed by atoms with van der Waals surface area (Å²) < 4.78 is 66.8. The maximum absolute atomic E-state index is 12.6. The minimum absolute atomic E-state index is 0.122. The molecule has 1 aromatic rings. The summed E-state index contributed by atoms with van der Waals surface area (Å²) in [6.07, 6.45) is -2.51. The third kappa shape index (κ3) is 5.72. The second-order valence-electron chi connectivity index (χ2n) is 6.59. The first-order valence-corrected chi connectivity index (χ1v) is 10.2. The Balaban J connectivity index is 1.50. The van der Waals surface area contributed by atoms with Crippen molar-refractivity contribution in [3.63, 3.8) is 0 Å². The quantitative estimate of drug-likeness (QED) is 0.684. The second kappa shape index (κ2) is 8.13. The molecule has 1 heterocycles. The first-order valence-electron chi connectivity index (χ1n) is 8.71. The standard InChI is InChI=1S/C16H20F3N3O5S/c17-16(18,19)26-12-3-5-14(6-4-12)28(24,25)22-9-7-13(8-10-22)27-21-15(23)20-11-1-2-11/h3-6,11,13H,1-2,7-10H2,(H2,20,21,23). The molecule has 156 valence electrons. The number of rotatable bonds is 6. The largest absolute Gasteiger partial charge is 0.573 e. The van der Waals surface area contributed by atoms with Gasteiger partial charge < -0.3 is 10.1 Å². The van der Waals surface area contributed by atoms with Gasteiger partial charge in [0.05, 0.1) is 11.0 Å². The fourth-order valence-electron chi connectivity index (χ4n) is 2.73. The van der Waals surface area contributed by atoms with Gasteiger partial charge in [-0.3, -0.25) is 4.84 Å². The van der Waals surface area contributed by atoms with Crippen LogP contribution in [-0.2, 0) is 14.9 Å². The van der Waals surface area contributed by atoms with Gasteiger partial charge in [0.25, 0.3) is 0 Å². The van der Waals surface area contributed by atoms with Crippen molar-refractivity contribution < 1.29 is 36.0 Å². The zero-order chi connectivity index (χ0) is 20.4. The van der Waals surface area contributed by atoms with Crippen molar-refractivity contribution in [1.29, 1.82) is 0 Å². The van der Waals surface area contributed by atoms with Crippen molar-refractivity contribution in [2.45, 2.75) is 49.1 Å². The number of hydroxylamine groups is 1. The Morgan fingerprint density at radius 2 is 1.68 bits per heavy atom. The highest BCUT2D eigenvalue weighted by Crippen LogP contribution is 2.26. The highest BCUT2D eigenvalue weighted by molar-refractivity contribution is 7.89. The number of alkyl halides is 3. The van der Waals surface area contributed by atoms with E-state index in [1.807, 2.05) is 0 Å². The highest BCUT2D eigenvalue weighted by atomic mass is 32.2. The summed E-state index contributed by atoms with van der Waals surface area (Å²) >= 11 is 0. The number of sulfonamides is 1. The van der Waals surface area contributed by atoms with Crippen LogP contribution in [0.2, 0.25) is 0 Å². The van der Waals surface area contributed by atoms with Crippen molar-refractivity contribution in [2.24, 2.45) is 0 Å². The van der Waals surface area contributed by atoms with Gasteiger partial charge in [-0.15, -0.1) is 13.2 Å². The lowest BCUT2D eigenvalue weighted by molar-refractivity contribution is -0.274. The maximum Gasteiger partial charge on any atom is 0.573 e. The number of nitrogens with zero attached hydrogens (tertiary/aromatic N) is 1. The van der Waals surface area contributed by atoms with Crippen LogP contribution < -0.4 is 15.5 Å². The number of carbonyl (C=O) groups is 1. The topological polar surface area (TPSA) is 97.0 Å². The van der Waals surface area contributed by atoms with Crippen molar-refractivity contribution in [2.75, 3.05) is 13.1 Å². The molecule has 0 unspecified atom stereocenters. The molecule has 3 rings (SSSR count). The average molecular weight is 423 g/mol. The first kappa shape index (κ1) is 20.7. The van der Waals surface area contributed by atoms with Gasteiger partial charge in [-0.05, 0) is 49.9 Å². The number of ether oxygens (including phenoxy) is 1. The lowest BCUT2D eigenvalue weighted by Crippen LogP contribution is -2.44. The highest BCUT2D eigenvalue weighted by Gasteiger charge is 2.33. The predicted molar refractivity (Wildman–Crippen MR) is 90.7 cm³/mol. The van der Waals surface area contributed by atoms with E-state index in [1.54, 1.807) is 0 Å². The number of amides is 2. The molecule has 28 heavy (non-hydrogen) atoms. The number of hydrogen-bond donors (Lipinski definition) is 2. The Bertz CT molecular complexity index is 789. The molecule has 1 aliphatic heterocycles. The molecular weight excluding hydrogens is 403 g/mol. The van der Waals surface area contributed by atoms with Crippen LogP contribution in [0.25, 0.3) is 0 Å². The third-order valence-electron chi connectivity index (χ3n) is 4.33. The van der Waals surface area contributed by atoms with E-state index in [0.29, 0.717) is 12.8 Å². The lowest BCUT2D eigenvalue weighted by Gasteiger charge is -2.30. The summed E-state index contributed by atoms with van der Waals surface area (Å²) in [5, 5.41) is 2.70. The summed E-state index contributed by atoms with van der Waals surface area (Å²) in [6.45, 7) is 0.333. The summed E-state index contributed by atoms with van der Waals surface area (Å²) in [7, 11) is -3.84. The molecule has 0 spiro atoms. The molecule has 12 heteroatoms.